The topological polar surface area (TPSA) is 26.3 Å². The molecule has 0 saturated carbocycles. The molecule has 0 amide bonds. The van der Waals surface area contributed by atoms with Crippen LogP contribution in [0.3, 0.4) is 0 Å². The fraction of sp³-hybridized carbons (Fsp3) is 0.417. The number of hydrogen-bond donors (Lipinski definition) is 0. The van der Waals surface area contributed by atoms with Crippen LogP contribution in [0.5, 0.6) is 5.75 Å². The third-order valence-corrected chi connectivity index (χ3v) is 2.90. The summed E-state index contributed by atoms with van der Waals surface area (Å²) in [4.78, 5) is 11.0. The van der Waals surface area contributed by atoms with E-state index >= 15 is 0 Å². The van der Waals surface area contributed by atoms with Crippen LogP contribution in [0.2, 0.25) is 0 Å². The highest BCUT2D eigenvalue weighted by molar-refractivity contribution is 5.62. The van der Waals surface area contributed by atoms with Gasteiger partial charge in [0.15, 0.2) is 0 Å². The van der Waals surface area contributed by atoms with Gasteiger partial charge in [0.2, 0.25) is 0 Å². The van der Waals surface area contributed by atoms with Crippen LogP contribution < -0.4 is 4.74 Å². The Morgan fingerprint density at radius 1 is 1.43 bits per heavy atom. The Morgan fingerprint density at radius 2 is 2.14 bits per heavy atom. The highest BCUT2D eigenvalue weighted by atomic mass is 16.5. The summed E-state index contributed by atoms with van der Waals surface area (Å²) in [6.07, 6.45) is 1.02. The van der Waals surface area contributed by atoms with Gasteiger partial charge >= 0.3 is 0 Å². The van der Waals surface area contributed by atoms with Gasteiger partial charge < -0.3 is 9.53 Å². The first-order valence-electron chi connectivity index (χ1n) is 4.83. The quantitative estimate of drug-likeness (QED) is 0.669. The van der Waals surface area contributed by atoms with Crippen molar-refractivity contribution < 1.29 is 9.53 Å². The summed E-state index contributed by atoms with van der Waals surface area (Å²) < 4.78 is 5.54. The van der Waals surface area contributed by atoms with E-state index in [9.17, 15) is 4.79 Å². The molecule has 0 radical (unpaired) electrons. The lowest BCUT2D eigenvalue weighted by Gasteiger charge is -2.23. The lowest BCUT2D eigenvalue weighted by molar-refractivity contribution is -0.115. The molecule has 1 aromatic carbocycles. The van der Waals surface area contributed by atoms with E-state index in [1.807, 2.05) is 38.1 Å². The molecule has 1 aliphatic rings. The zero-order chi connectivity index (χ0) is 10.2. The summed E-state index contributed by atoms with van der Waals surface area (Å²) in [5.74, 6) is 1.11. The summed E-state index contributed by atoms with van der Waals surface area (Å²) in [7, 11) is 0. The fourth-order valence-electron chi connectivity index (χ4n) is 1.86. The van der Waals surface area contributed by atoms with Crippen LogP contribution in [-0.2, 0) is 4.79 Å². The number of hydrogen-bond acceptors (Lipinski definition) is 2. The van der Waals surface area contributed by atoms with E-state index < -0.39 is 0 Å². The van der Waals surface area contributed by atoms with Gasteiger partial charge in [0, 0.05) is 16.9 Å². The van der Waals surface area contributed by atoms with Gasteiger partial charge in [-0.2, -0.15) is 0 Å². The second-order valence-corrected chi connectivity index (χ2v) is 4.34. The van der Waals surface area contributed by atoms with Crippen molar-refractivity contribution in [1.82, 2.24) is 0 Å². The number of ether oxygens (including phenoxy) is 1. The molecule has 0 aromatic heterocycles. The molecule has 0 bridgehead atoms. The van der Waals surface area contributed by atoms with E-state index in [4.69, 9.17) is 4.74 Å². The second-order valence-electron chi connectivity index (χ2n) is 4.34. The molecule has 74 valence electrons. The Kier molecular flexibility index (Phi) is 2.06. The van der Waals surface area contributed by atoms with Crippen LogP contribution in [0.25, 0.3) is 0 Å². The van der Waals surface area contributed by atoms with Gasteiger partial charge in [-0.05, 0) is 6.07 Å². The Morgan fingerprint density at radius 3 is 2.86 bits per heavy atom. The fourth-order valence-corrected chi connectivity index (χ4v) is 1.86. The standard InChI is InChI=1S/C12H14O2/c1-12(2,8-13)10-7-14-11-6-4-3-5-9(10)11/h3-6,8,10H,7H2,1-2H3. The number of carbonyl (C=O) groups is 1. The number of benzene rings is 1. The molecule has 0 aliphatic carbocycles. The SMILES string of the molecule is CC(C)(C=O)C1COc2ccccc21. The second kappa shape index (κ2) is 3.12. The summed E-state index contributed by atoms with van der Waals surface area (Å²) in [6.45, 7) is 4.53. The van der Waals surface area contributed by atoms with Gasteiger partial charge in [0.25, 0.3) is 0 Å². The summed E-state index contributed by atoms with van der Waals surface area (Å²) in [6, 6.07) is 7.94. The van der Waals surface area contributed by atoms with Gasteiger partial charge in [-0.25, -0.2) is 0 Å². The number of para-hydroxylation sites is 1. The van der Waals surface area contributed by atoms with Crippen molar-refractivity contribution in [3.05, 3.63) is 29.8 Å². The largest absolute Gasteiger partial charge is 0.493 e. The monoisotopic (exact) mass is 190 g/mol. The minimum Gasteiger partial charge on any atom is -0.493 e. The molecule has 2 heteroatoms. The minimum atomic E-state index is -0.341. The Bertz CT molecular complexity index is 355. The molecule has 1 aromatic rings. The van der Waals surface area contributed by atoms with Crippen LogP contribution in [-0.4, -0.2) is 12.9 Å². The first-order chi connectivity index (χ1) is 6.65. The van der Waals surface area contributed by atoms with Crippen LogP contribution in [0, 0.1) is 5.41 Å². The van der Waals surface area contributed by atoms with Crippen molar-refractivity contribution >= 4 is 6.29 Å². The molecule has 0 N–H and O–H groups in total. The predicted molar refractivity (Wildman–Crippen MR) is 54.5 cm³/mol. The summed E-state index contributed by atoms with van der Waals surface area (Å²) in [5.41, 5.74) is 0.816. The molecule has 0 fully saturated rings. The van der Waals surface area contributed by atoms with Gasteiger partial charge in [0.1, 0.15) is 12.0 Å². The van der Waals surface area contributed by atoms with Crippen molar-refractivity contribution in [2.75, 3.05) is 6.61 Å². The van der Waals surface area contributed by atoms with Crippen molar-refractivity contribution in [3.8, 4) is 5.75 Å². The van der Waals surface area contributed by atoms with E-state index in [0.717, 1.165) is 17.6 Å². The third kappa shape index (κ3) is 1.31. The highest BCUT2D eigenvalue weighted by Crippen LogP contribution is 2.42. The normalized spacial score (nSPS) is 20.0. The molecule has 0 spiro atoms. The van der Waals surface area contributed by atoms with Crippen LogP contribution in [0.4, 0.5) is 0 Å². The smallest absolute Gasteiger partial charge is 0.126 e. The molecule has 1 unspecified atom stereocenters. The minimum absolute atomic E-state index is 0.191. The van der Waals surface area contributed by atoms with E-state index in [1.54, 1.807) is 0 Å². The lowest BCUT2D eigenvalue weighted by atomic mass is 9.77. The van der Waals surface area contributed by atoms with Crippen LogP contribution >= 0.6 is 0 Å². The summed E-state index contributed by atoms with van der Waals surface area (Å²) in [5, 5.41) is 0. The van der Waals surface area contributed by atoms with Crippen LogP contribution in [0.1, 0.15) is 25.3 Å². The number of rotatable bonds is 2. The maximum Gasteiger partial charge on any atom is 0.126 e. The molecule has 1 aliphatic heterocycles. The van der Waals surface area contributed by atoms with E-state index in [2.05, 4.69) is 0 Å². The molecule has 1 heterocycles. The molecule has 0 saturated heterocycles. The van der Waals surface area contributed by atoms with E-state index in [-0.39, 0.29) is 11.3 Å². The lowest BCUT2D eigenvalue weighted by Crippen LogP contribution is -2.24. The van der Waals surface area contributed by atoms with Gasteiger partial charge in [-0.1, -0.05) is 32.0 Å². The third-order valence-electron chi connectivity index (χ3n) is 2.90. The molecule has 14 heavy (non-hydrogen) atoms. The maximum absolute atomic E-state index is 11.0. The van der Waals surface area contributed by atoms with Gasteiger partial charge in [-0.15, -0.1) is 0 Å². The molecule has 2 nitrogen and oxygen atoms in total. The highest BCUT2D eigenvalue weighted by Gasteiger charge is 2.36. The zero-order valence-electron chi connectivity index (χ0n) is 8.49. The summed E-state index contributed by atoms with van der Waals surface area (Å²) >= 11 is 0. The zero-order valence-corrected chi connectivity index (χ0v) is 8.49. The number of fused-ring (bicyclic) bond motifs is 1. The number of aldehydes is 1. The van der Waals surface area contributed by atoms with Gasteiger partial charge in [-0.3, -0.25) is 0 Å². The first-order valence-corrected chi connectivity index (χ1v) is 4.83. The number of carbonyl (C=O) groups excluding carboxylic acids is 1. The molecule has 1 atom stereocenters. The average molecular weight is 190 g/mol. The molecular weight excluding hydrogens is 176 g/mol. The van der Waals surface area contributed by atoms with E-state index in [1.165, 1.54) is 0 Å². The van der Waals surface area contributed by atoms with Crippen molar-refractivity contribution in [2.45, 2.75) is 19.8 Å². The van der Waals surface area contributed by atoms with Crippen molar-refractivity contribution in [2.24, 2.45) is 5.41 Å². The predicted octanol–water partition coefficient (Wildman–Crippen LogP) is 2.39. The Hall–Kier alpha value is -1.31. The first kappa shape index (κ1) is 9.25. The molecule has 2 rings (SSSR count). The van der Waals surface area contributed by atoms with Crippen molar-refractivity contribution in [3.63, 3.8) is 0 Å². The average Bonchev–Trinajstić information content (AvgIpc) is 2.61. The Labute approximate surface area is 83.9 Å². The van der Waals surface area contributed by atoms with Crippen molar-refractivity contribution in [1.29, 1.82) is 0 Å². The molecular formula is C12H14O2. The Balaban J connectivity index is 2.39. The van der Waals surface area contributed by atoms with Gasteiger partial charge in [0.05, 0.1) is 6.61 Å². The van der Waals surface area contributed by atoms with E-state index in [0.29, 0.717) is 6.61 Å². The maximum atomic E-state index is 11.0. The van der Waals surface area contributed by atoms with Crippen LogP contribution in [0.15, 0.2) is 24.3 Å².